The fraction of sp³-hybridized carbons (Fsp3) is 0.500. The highest BCUT2D eigenvalue weighted by Gasteiger charge is 2.29. The highest BCUT2D eigenvalue weighted by atomic mass is 16.5. The standard InChI is InChI=1S/C16H21NO4/c1-11(6-7-15(18)19)8-9-17-16(20)13-10-21-14-5-3-2-4-12(13)14/h2-5,11,13H,6-10H2,1H3,(H,17,20)(H,18,19). The third-order valence-electron chi connectivity index (χ3n) is 3.80. The number of nitrogens with one attached hydrogen (secondary N) is 1. The summed E-state index contributed by atoms with van der Waals surface area (Å²) in [7, 11) is 0. The van der Waals surface area contributed by atoms with Crippen LogP contribution in [0.15, 0.2) is 24.3 Å². The van der Waals surface area contributed by atoms with Crippen molar-refractivity contribution in [2.75, 3.05) is 13.2 Å². The lowest BCUT2D eigenvalue weighted by atomic mass is 9.99. The lowest BCUT2D eigenvalue weighted by Crippen LogP contribution is -2.31. The molecule has 0 radical (unpaired) electrons. The highest BCUT2D eigenvalue weighted by molar-refractivity contribution is 5.85. The molecule has 1 heterocycles. The second-order valence-corrected chi connectivity index (χ2v) is 5.52. The molecule has 5 heteroatoms. The maximum Gasteiger partial charge on any atom is 0.303 e. The van der Waals surface area contributed by atoms with Crippen LogP contribution in [-0.4, -0.2) is 30.1 Å². The maximum absolute atomic E-state index is 12.2. The molecule has 1 amide bonds. The average Bonchev–Trinajstić information content (AvgIpc) is 2.89. The first-order valence-corrected chi connectivity index (χ1v) is 7.29. The van der Waals surface area contributed by atoms with E-state index >= 15 is 0 Å². The number of carbonyl (C=O) groups excluding carboxylic acids is 1. The van der Waals surface area contributed by atoms with E-state index in [0.717, 1.165) is 17.7 Å². The van der Waals surface area contributed by atoms with Crippen LogP contribution < -0.4 is 10.1 Å². The number of amides is 1. The fourth-order valence-corrected chi connectivity index (χ4v) is 2.46. The van der Waals surface area contributed by atoms with Crippen LogP contribution in [0.1, 0.15) is 37.7 Å². The summed E-state index contributed by atoms with van der Waals surface area (Å²) in [5.41, 5.74) is 0.939. The zero-order valence-corrected chi connectivity index (χ0v) is 12.2. The van der Waals surface area contributed by atoms with Crippen molar-refractivity contribution in [2.45, 2.75) is 32.1 Å². The van der Waals surface area contributed by atoms with E-state index in [1.165, 1.54) is 0 Å². The summed E-state index contributed by atoms with van der Waals surface area (Å²) in [6.07, 6.45) is 1.60. The van der Waals surface area contributed by atoms with Crippen molar-refractivity contribution < 1.29 is 19.4 Å². The minimum Gasteiger partial charge on any atom is -0.492 e. The molecule has 1 aromatic rings. The third-order valence-corrected chi connectivity index (χ3v) is 3.80. The number of carbonyl (C=O) groups is 2. The average molecular weight is 291 g/mol. The predicted octanol–water partition coefficient (Wildman–Crippen LogP) is 2.17. The van der Waals surface area contributed by atoms with E-state index in [1.807, 2.05) is 31.2 Å². The smallest absolute Gasteiger partial charge is 0.303 e. The van der Waals surface area contributed by atoms with E-state index in [2.05, 4.69) is 5.32 Å². The molecule has 1 aromatic carbocycles. The van der Waals surface area contributed by atoms with Gasteiger partial charge < -0.3 is 15.2 Å². The van der Waals surface area contributed by atoms with Gasteiger partial charge in [0, 0.05) is 18.5 Å². The van der Waals surface area contributed by atoms with Gasteiger partial charge in [-0.2, -0.15) is 0 Å². The van der Waals surface area contributed by atoms with E-state index < -0.39 is 5.97 Å². The largest absolute Gasteiger partial charge is 0.492 e. The van der Waals surface area contributed by atoms with Crippen LogP contribution in [0.2, 0.25) is 0 Å². The third kappa shape index (κ3) is 4.21. The van der Waals surface area contributed by atoms with Crippen LogP contribution in [0.5, 0.6) is 5.75 Å². The Morgan fingerprint density at radius 1 is 1.38 bits per heavy atom. The van der Waals surface area contributed by atoms with Gasteiger partial charge in [-0.15, -0.1) is 0 Å². The van der Waals surface area contributed by atoms with Gasteiger partial charge in [0.2, 0.25) is 5.91 Å². The summed E-state index contributed by atoms with van der Waals surface area (Å²) in [5.74, 6) is 0.0347. The monoisotopic (exact) mass is 291 g/mol. The molecule has 2 atom stereocenters. The lowest BCUT2D eigenvalue weighted by molar-refractivity contribution is -0.137. The number of aliphatic carboxylic acids is 1. The van der Waals surface area contributed by atoms with Crippen molar-refractivity contribution in [1.82, 2.24) is 5.32 Å². The highest BCUT2D eigenvalue weighted by Crippen LogP contribution is 2.33. The normalized spacial score (nSPS) is 17.7. The Hall–Kier alpha value is -2.04. The molecular formula is C16H21NO4. The van der Waals surface area contributed by atoms with Crippen molar-refractivity contribution in [3.63, 3.8) is 0 Å². The van der Waals surface area contributed by atoms with Crippen molar-refractivity contribution in [3.8, 4) is 5.75 Å². The van der Waals surface area contributed by atoms with Crippen molar-refractivity contribution in [2.24, 2.45) is 5.92 Å². The van der Waals surface area contributed by atoms with E-state index in [-0.39, 0.29) is 24.2 Å². The molecule has 0 saturated carbocycles. The Morgan fingerprint density at radius 2 is 2.14 bits per heavy atom. The Kier molecular flexibility index (Phi) is 5.20. The summed E-state index contributed by atoms with van der Waals surface area (Å²) in [6.45, 7) is 2.96. The van der Waals surface area contributed by atoms with Crippen LogP contribution in [0.25, 0.3) is 0 Å². The number of carboxylic acids is 1. The molecule has 5 nitrogen and oxygen atoms in total. The molecule has 0 aliphatic carbocycles. The minimum atomic E-state index is -0.773. The van der Waals surface area contributed by atoms with E-state index in [1.54, 1.807) is 0 Å². The SMILES string of the molecule is CC(CCNC(=O)C1COc2ccccc21)CCC(=O)O. The number of benzene rings is 1. The van der Waals surface area contributed by atoms with Gasteiger partial charge in [0.25, 0.3) is 0 Å². The second kappa shape index (κ2) is 7.11. The second-order valence-electron chi connectivity index (χ2n) is 5.52. The maximum atomic E-state index is 12.2. The van der Waals surface area contributed by atoms with Crippen LogP contribution in [-0.2, 0) is 9.59 Å². The van der Waals surface area contributed by atoms with Crippen molar-refractivity contribution >= 4 is 11.9 Å². The molecule has 1 aliphatic rings. The van der Waals surface area contributed by atoms with Crippen LogP contribution in [0.3, 0.4) is 0 Å². The molecule has 0 fully saturated rings. The Bertz CT molecular complexity index is 515. The first-order valence-electron chi connectivity index (χ1n) is 7.29. The number of para-hydroxylation sites is 1. The van der Waals surface area contributed by atoms with E-state index in [4.69, 9.17) is 9.84 Å². The summed E-state index contributed by atoms with van der Waals surface area (Å²) >= 11 is 0. The molecule has 0 bridgehead atoms. The first kappa shape index (κ1) is 15.4. The number of rotatable bonds is 7. The van der Waals surface area contributed by atoms with Gasteiger partial charge in [0.05, 0.1) is 0 Å². The number of hydrogen-bond acceptors (Lipinski definition) is 3. The van der Waals surface area contributed by atoms with E-state index in [0.29, 0.717) is 19.6 Å². The minimum absolute atomic E-state index is 0.0228. The Labute approximate surface area is 124 Å². The molecule has 2 unspecified atom stereocenters. The van der Waals surface area contributed by atoms with E-state index in [9.17, 15) is 9.59 Å². The number of ether oxygens (including phenoxy) is 1. The van der Waals surface area contributed by atoms with Gasteiger partial charge in [-0.1, -0.05) is 25.1 Å². The molecular weight excluding hydrogens is 270 g/mol. The number of hydrogen-bond donors (Lipinski definition) is 2. The topological polar surface area (TPSA) is 75.6 Å². The quantitative estimate of drug-likeness (QED) is 0.807. The molecule has 21 heavy (non-hydrogen) atoms. The molecule has 1 aliphatic heterocycles. The zero-order chi connectivity index (χ0) is 15.2. The van der Waals surface area contributed by atoms with Crippen molar-refractivity contribution in [3.05, 3.63) is 29.8 Å². The summed E-state index contributed by atoms with van der Waals surface area (Å²) in [4.78, 5) is 22.7. The molecule has 0 aromatic heterocycles. The van der Waals surface area contributed by atoms with Gasteiger partial charge in [0.15, 0.2) is 0 Å². The fourth-order valence-electron chi connectivity index (χ4n) is 2.46. The number of carboxylic acid groups (broad SMARTS) is 1. The van der Waals surface area contributed by atoms with Gasteiger partial charge >= 0.3 is 5.97 Å². The van der Waals surface area contributed by atoms with Gasteiger partial charge in [-0.3, -0.25) is 9.59 Å². The van der Waals surface area contributed by atoms with Crippen LogP contribution in [0, 0.1) is 5.92 Å². The van der Waals surface area contributed by atoms with Crippen LogP contribution in [0.4, 0.5) is 0 Å². The van der Waals surface area contributed by atoms with Crippen LogP contribution >= 0.6 is 0 Å². The van der Waals surface area contributed by atoms with Gasteiger partial charge in [0.1, 0.15) is 18.3 Å². The molecule has 2 N–H and O–H groups in total. The molecule has 114 valence electrons. The zero-order valence-electron chi connectivity index (χ0n) is 12.2. The summed E-state index contributed by atoms with van der Waals surface area (Å²) < 4.78 is 5.50. The Morgan fingerprint density at radius 3 is 2.90 bits per heavy atom. The Balaban J connectivity index is 1.75. The summed E-state index contributed by atoms with van der Waals surface area (Å²) in [5, 5.41) is 11.5. The number of fused-ring (bicyclic) bond motifs is 1. The first-order chi connectivity index (χ1) is 10.1. The van der Waals surface area contributed by atoms with Crippen molar-refractivity contribution in [1.29, 1.82) is 0 Å². The molecule has 2 rings (SSSR count). The summed E-state index contributed by atoms with van der Waals surface area (Å²) in [6, 6.07) is 7.59. The molecule has 0 spiro atoms. The predicted molar refractivity (Wildman–Crippen MR) is 78.3 cm³/mol. The lowest BCUT2D eigenvalue weighted by Gasteiger charge is -2.13. The molecule has 0 saturated heterocycles. The van der Waals surface area contributed by atoms with Gasteiger partial charge in [-0.25, -0.2) is 0 Å². The van der Waals surface area contributed by atoms with Gasteiger partial charge in [-0.05, 0) is 24.8 Å².